The fourth-order valence-corrected chi connectivity index (χ4v) is 3.22. The van der Waals surface area contributed by atoms with Gasteiger partial charge in [0.05, 0.1) is 16.8 Å². The zero-order chi connectivity index (χ0) is 20.7. The van der Waals surface area contributed by atoms with Gasteiger partial charge in [0.2, 0.25) is 0 Å². The Bertz CT molecular complexity index is 1360. The van der Waals surface area contributed by atoms with Crippen molar-refractivity contribution >= 4 is 22.6 Å². The number of amides is 1. The molecule has 0 aliphatic carbocycles. The van der Waals surface area contributed by atoms with E-state index in [4.69, 9.17) is 4.42 Å². The Hall–Kier alpha value is -4.07. The van der Waals surface area contributed by atoms with E-state index >= 15 is 0 Å². The Morgan fingerprint density at radius 2 is 1.69 bits per heavy atom. The highest BCUT2D eigenvalue weighted by molar-refractivity contribution is 6.08. The van der Waals surface area contributed by atoms with Gasteiger partial charge in [-0.1, -0.05) is 30.3 Å². The van der Waals surface area contributed by atoms with E-state index in [0.717, 1.165) is 0 Å². The number of hydrogen-bond acceptors (Lipinski definition) is 5. The average Bonchev–Trinajstić information content (AvgIpc) is 2.92. The third kappa shape index (κ3) is 2.91. The first-order valence-corrected chi connectivity index (χ1v) is 8.80. The van der Waals surface area contributed by atoms with E-state index in [-0.39, 0.29) is 16.7 Å². The number of rotatable bonds is 3. The molecule has 4 rings (SSSR count). The number of para-hydroxylation sites is 2. The summed E-state index contributed by atoms with van der Waals surface area (Å²) in [7, 11) is 1.68. The summed E-state index contributed by atoms with van der Waals surface area (Å²) in [6.07, 6.45) is 0. The first-order valence-electron chi connectivity index (χ1n) is 8.80. The van der Waals surface area contributed by atoms with Crippen LogP contribution in [0.1, 0.15) is 16.1 Å². The van der Waals surface area contributed by atoms with Crippen LogP contribution in [0, 0.1) is 6.92 Å². The minimum absolute atomic E-state index is 0.00770. The molecule has 146 valence electrons. The van der Waals surface area contributed by atoms with Gasteiger partial charge < -0.3 is 14.8 Å². The summed E-state index contributed by atoms with van der Waals surface area (Å²) in [5.74, 6) is -1.42. The molecule has 0 aliphatic rings. The van der Waals surface area contributed by atoms with Crippen molar-refractivity contribution in [1.29, 1.82) is 0 Å². The highest BCUT2D eigenvalue weighted by atomic mass is 16.4. The van der Waals surface area contributed by atoms with Crippen LogP contribution in [0.5, 0.6) is 5.75 Å². The van der Waals surface area contributed by atoms with Gasteiger partial charge in [0.1, 0.15) is 17.0 Å². The lowest BCUT2D eigenvalue weighted by molar-refractivity contribution is 0.102. The quantitative estimate of drug-likeness (QED) is 0.522. The number of nitrogens with one attached hydrogen (secondary N) is 1. The van der Waals surface area contributed by atoms with E-state index in [9.17, 15) is 19.5 Å². The molecule has 0 saturated carbocycles. The SMILES string of the molecule is Cc1c(NC(=O)c2c(O)c3ccccc3oc2=O)c(=O)n(-c2ccccc2)n1C. The average molecular weight is 391 g/mol. The molecule has 0 saturated heterocycles. The van der Waals surface area contributed by atoms with Crippen LogP contribution in [-0.4, -0.2) is 20.4 Å². The molecule has 2 aromatic carbocycles. The Balaban J connectivity index is 1.80. The number of aromatic nitrogens is 2. The van der Waals surface area contributed by atoms with E-state index in [2.05, 4.69) is 5.32 Å². The minimum Gasteiger partial charge on any atom is -0.506 e. The van der Waals surface area contributed by atoms with Crippen molar-refractivity contribution in [2.45, 2.75) is 6.92 Å². The predicted octanol–water partition coefficient (Wildman–Crippen LogP) is 2.55. The highest BCUT2D eigenvalue weighted by Crippen LogP contribution is 2.26. The summed E-state index contributed by atoms with van der Waals surface area (Å²) in [6.45, 7) is 1.67. The number of carbonyl (C=O) groups excluding carboxylic acids is 1. The molecular formula is C21H17N3O5. The van der Waals surface area contributed by atoms with Gasteiger partial charge in [-0.15, -0.1) is 0 Å². The van der Waals surface area contributed by atoms with Gasteiger partial charge in [0, 0.05) is 7.05 Å². The molecular weight excluding hydrogens is 374 g/mol. The summed E-state index contributed by atoms with van der Waals surface area (Å²) in [6, 6.07) is 15.3. The molecule has 0 fully saturated rings. The van der Waals surface area contributed by atoms with Gasteiger partial charge in [0.25, 0.3) is 11.5 Å². The monoisotopic (exact) mass is 391 g/mol. The number of fused-ring (bicyclic) bond motifs is 1. The molecule has 8 heteroatoms. The molecule has 29 heavy (non-hydrogen) atoms. The zero-order valence-corrected chi connectivity index (χ0v) is 15.7. The van der Waals surface area contributed by atoms with E-state index in [1.165, 1.54) is 16.8 Å². The van der Waals surface area contributed by atoms with Gasteiger partial charge in [0.15, 0.2) is 5.56 Å². The molecule has 2 N–H and O–H groups in total. The van der Waals surface area contributed by atoms with Crippen molar-refractivity contribution in [2.75, 3.05) is 5.32 Å². The van der Waals surface area contributed by atoms with E-state index in [0.29, 0.717) is 11.4 Å². The van der Waals surface area contributed by atoms with Crippen molar-refractivity contribution in [3.05, 3.63) is 86.6 Å². The van der Waals surface area contributed by atoms with Crippen LogP contribution in [-0.2, 0) is 7.05 Å². The third-order valence-electron chi connectivity index (χ3n) is 4.81. The van der Waals surface area contributed by atoms with Crippen molar-refractivity contribution in [3.8, 4) is 11.4 Å². The van der Waals surface area contributed by atoms with Crippen LogP contribution in [0.4, 0.5) is 5.69 Å². The summed E-state index contributed by atoms with van der Waals surface area (Å²) < 4.78 is 8.12. The van der Waals surface area contributed by atoms with Crippen molar-refractivity contribution in [1.82, 2.24) is 9.36 Å². The largest absolute Gasteiger partial charge is 0.506 e. The van der Waals surface area contributed by atoms with E-state index in [1.807, 2.05) is 6.07 Å². The van der Waals surface area contributed by atoms with Crippen LogP contribution >= 0.6 is 0 Å². The first kappa shape index (κ1) is 18.3. The lowest BCUT2D eigenvalue weighted by Gasteiger charge is -2.07. The predicted molar refractivity (Wildman–Crippen MR) is 108 cm³/mol. The maximum absolute atomic E-state index is 12.9. The molecule has 4 aromatic rings. The molecule has 2 aromatic heterocycles. The fraction of sp³-hybridized carbons (Fsp3) is 0.0952. The second kappa shape index (κ2) is 6.83. The molecule has 0 aliphatic heterocycles. The van der Waals surface area contributed by atoms with Gasteiger partial charge in [-0.25, -0.2) is 9.48 Å². The van der Waals surface area contributed by atoms with Gasteiger partial charge >= 0.3 is 5.63 Å². The van der Waals surface area contributed by atoms with E-state index < -0.39 is 28.4 Å². The maximum atomic E-state index is 12.9. The Kier molecular flexibility index (Phi) is 4.31. The molecule has 1 amide bonds. The summed E-state index contributed by atoms with van der Waals surface area (Å²) in [5, 5.41) is 13.1. The molecule has 0 spiro atoms. The minimum atomic E-state index is -0.990. The number of nitrogens with zero attached hydrogens (tertiary/aromatic N) is 2. The lowest BCUT2D eigenvalue weighted by atomic mass is 10.1. The van der Waals surface area contributed by atoms with Crippen molar-refractivity contribution in [3.63, 3.8) is 0 Å². The molecule has 2 heterocycles. The molecule has 0 bridgehead atoms. The fourth-order valence-electron chi connectivity index (χ4n) is 3.22. The smallest absolute Gasteiger partial charge is 0.353 e. The van der Waals surface area contributed by atoms with E-state index in [1.54, 1.807) is 55.1 Å². The van der Waals surface area contributed by atoms with Gasteiger partial charge in [-0.05, 0) is 31.2 Å². The van der Waals surface area contributed by atoms with Gasteiger partial charge in [-0.2, -0.15) is 0 Å². The Morgan fingerprint density at radius 3 is 2.41 bits per heavy atom. The first-order chi connectivity index (χ1) is 13.9. The summed E-state index contributed by atoms with van der Waals surface area (Å²) >= 11 is 0. The van der Waals surface area contributed by atoms with Crippen molar-refractivity contribution in [2.24, 2.45) is 7.05 Å². The summed E-state index contributed by atoms with van der Waals surface area (Å²) in [4.78, 5) is 38.0. The molecule has 0 unspecified atom stereocenters. The van der Waals surface area contributed by atoms with Gasteiger partial charge in [-0.3, -0.25) is 14.3 Å². The zero-order valence-electron chi connectivity index (χ0n) is 15.7. The normalized spacial score (nSPS) is 11.0. The molecule has 0 atom stereocenters. The second-order valence-electron chi connectivity index (χ2n) is 6.50. The number of hydrogen-bond donors (Lipinski definition) is 2. The van der Waals surface area contributed by atoms with Crippen LogP contribution in [0.25, 0.3) is 16.7 Å². The molecule has 0 radical (unpaired) electrons. The lowest BCUT2D eigenvalue weighted by Crippen LogP contribution is -2.25. The van der Waals surface area contributed by atoms with Crippen LogP contribution in [0.2, 0.25) is 0 Å². The number of anilines is 1. The third-order valence-corrected chi connectivity index (χ3v) is 4.81. The standard InChI is InChI=1S/C21H17N3O5/c1-12-17(20(27)24(23(12)2)13-8-4-3-5-9-13)22-19(26)16-18(25)14-10-6-7-11-15(14)29-21(16)28/h3-11,25H,1-2H3,(H,22,26). The highest BCUT2D eigenvalue weighted by Gasteiger charge is 2.24. The summed E-state index contributed by atoms with van der Waals surface area (Å²) in [5.41, 5.74) is -0.738. The second-order valence-corrected chi connectivity index (χ2v) is 6.50. The van der Waals surface area contributed by atoms with Crippen LogP contribution < -0.4 is 16.5 Å². The number of aromatic hydroxyl groups is 1. The topological polar surface area (TPSA) is 106 Å². The maximum Gasteiger partial charge on any atom is 0.353 e. The van der Waals surface area contributed by atoms with Crippen LogP contribution in [0.3, 0.4) is 0 Å². The number of benzene rings is 2. The van der Waals surface area contributed by atoms with Crippen molar-refractivity contribution < 1.29 is 14.3 Å². The van der Waals surface area contributed by atoms with Crippen LogP contribution in [0.15, 0.2) is 68.6 Å². The number of carbonyl (C=O) groups is 1. The Labute approximate surface area is 164 Å². The molecule has 8 nitrogen and oxygen atoms in total. The Morgan fingerprint density at radius 1 is 1.03 bits per heavy atom.